The Labute approximate surface area is 470 Å². The van der Waals surface area contributed by atoms with Crippen molar-refractivity contribution in [1.82, 2.24) is 10.6 Å². The molecule has 7 aliphatic rings. The molecule has 37 heteroatoms. The molecule has 7 fully saturated rings. The van der Waals surface area contributed by atoms with Crippen molar-refractivity contribution < 1.29 is 173 Å². The van der Waals surface area contributed by atoms with Gasteiger partial charge in [-0.15, -0.1) is 0 Å². The van der Waals surface area contributed by atoms with E-state index in [1.807, 2.05) is 0 Å². The van der Waals surface area contributed by atoms with E-state index in [0.29, 0.717) is 0 Å². The fourth-order valence-corrected chi connectivity index (χ4v) is 10.7. The van der Waals surface area contributed by atoms with Crippen LogP contribution in [0.3, 0.4) is 0 Å². The number of hydrogen-bond donors (Lipinski definition) is 22. The second kappa shape index (κ2) is 29.3. The monoisotopic (exact) mass is 1220 g/mol. The van der Waals surface area contributed by atoms with Crippen molar-refractivity contribution in [3.8, 4) is 0 Å². The van der Waals surface area contributed by atoms with Crippen LogP contribution in [-0.4, -0.2) is 368 Å². The second-order valence-corrected chi connectivity index (χ2v) is 21.0. The van der Waals surface area contributed by atoms with E-state index in [1.54, 1.807) is 0 Å². The molecule has 0 radical (unpaired) electrons. The molecule has 22 N–H and O–H groups in total. The smallest absolute Gasteiger partial charge is 0.217 e. The standard InChI is InChI=1S/C46H78N2O35/c1-10-21(57)26(62)30(66)43(71-10)81-37-20(48-12(3)56)42(76-17(8-53)35(37)80-44-31(67)27(63)23(59)14(5-50)74-44)82-38-24(60)15(6-51)75-45(32(38)68)83-39-33(69)46(78-34-16(7-52)72-40(70)29(65)28(34)64)77-18(9-54)36(39)79-41-19(47-11(2)55)25(61)22(58)13(4-49)73-41/h10,13-46,49-54,57-70H,4-9H2,1-3H3,(H,47,55)(H,48,56)/t10-,13+,14+,15+,16+,17+,18+,19+,20+,21+,22-,23-,24-,25+,26+,27-,28+,29+,30-,31+,32+,33+,34+,35+,36-,37+,38-,39+,40+,41-,42-,43-,44-,45+,46-/m0/s1. The van der Waals surface area contributed by atoms with Crippen LogP contribution in [0.25, 0.3) is 0 Å². The van der Waals surface area contributed by atoms with Crippen LogP contribution in [0.4, 0.5) is 0 Å². The molecule has 0 aromatic carbocycles. The van der Waals surface area contributed by atoms with E-state index in [-0.39, 0.29) is 0 Å². The second-order valence-electron chi connectivity index (χ2n) is 21.0. The van der Waals surface area contributed by atoms with E-state index >= 15 is 0 Å². The lowest BCUT2D eigenvalue weighted by molar-refractivity contribution is -0.403. The maximum atomic E-state index is 13.1. The van der Waals surface area contributed by atoms with Gasteiger partial charge >= 0.3 is 0 Å². The largest absolute Gasteiger partial charge is 0.394 e. The van der Waals surface area contributed by atoms with Gasteiger partial charge in [0.1, 0.15) is 165 Å². The van der Waals surface area contributed by atoms with Crippen molar-refractivity contribution in [2.45, 2.75) is 236 Å². The Morgan fingerprint density at radius 3 is 1.20 bits per heavy atom. The van der Waals surface area contributed by atoms with E-state index in [0.717, 1.165) is 13.8 Å². The summed E-state index contributed by atoms with van der Waals surface area (Å²) in [5, 5.41) is 221. The molecule has 35 atom stereocenters. The first kappa shape index (κ1) is 68.1. The molecule has 0 aliphatic carbocycles. The number of nitrogens with one attached hydrogen (secondary N) is 2. The zero-order chi connectivity index (χ0) is 61.2. The van der Waals surface area contributed by atoms with Crippen LogP contribution in [0.5, 0.6) is 0 Å². The van der Waals surface area contributed by atoms with Crippen molar-refractivity contribution in [2.75, 3.05) is 39.6 Å². The van der Waals surface area contributed by atoms with Crippen molar-refractivity contribution in [3.05, 3.63) is 0 Å². The van der Waals surface area contributed by atoms with Gasteiger partial charge in [0.05, 0.1) is 45.7 Å². The van der Waals surface area contributed by atoms with Gasteiger partial charge in [-0.1, -0.05) is 0 Å². The van der Waals surface area contributed by atoms with Crippen LogP contribution in [0.1, 0.15) is 20.8 Å². The van der Waals surface area contributed by atoms with E-state index in [4.69, 9.17) is 61.6 Å². The Kier molecular flexibility index (Phi) is 24.0. The molecule has 2 amide bonds. The molecular weight excluding hydrogens is 1140 g/mol. The van der Waals surface area contributed by atoms with E-state index < -0.39 is 266 Å². The Morgan fingerprint density at radius 2 is 0.663 bits per heavy atom. The highest BCUT2D eigenvalue weighted by Gasteiger charge is 2.60. The Hall–Kier alpha value is -2.38. The van der Waals surface area contributed by atoms with Crippen LogP contribution in [0.2, 0.25) is 0 Å². The summed E-state index contributed by atoms with van der Waals surface area (Å²) < 4.78 is 76.4. The van der Waals surface area contributed by atoms with Crippen molar-refractivity contribution in [2.24, 2.45) is 0 Å². The molecule has 0 bridgehead atoms. The SMILES string of the molecule is CC(=O)N[C@H]1[C@H](O[C@@H]2[C@H](O[C@H]3O[C@H](CO)[C@H](O)[C@H](O[C@@H]4O[C@H](CO)[C@@H](O[C@@H]5O[C@H](CO)[C@H](O)[C@H](O)[C@H]5O)[C@H](O[C@@H]5O[C@@H](C)[C@@H](O)[C@@H](O)[C@@H]5O)[C@H]4NC(C)=O)[C@H]3O)[C@@H](O)[C@H](O[C@H]3[C@H](O)[C@@H](O)[C@H](O)O[C@@H]3CO)O[C@@H]2CO)O[C@H](CO)[C@H](O)[C@@H]1O. The maximum Gasteiger partial charge on any atom is 0.217 e. The third-order valence-corrected chi connectivity index (χ3v) is 15.3. The van der Waals surface area contributed by atoms with E-state index in [1.165, 1.54) is 6.92 Å². The zero-order valence-corrected chi connectivity index (χ0v) is 44.5. The molecule has 0 spiro atoms. The number of aliphatic hydroxyl groups excluding tert-OH is 20. The van der Waals surface area contributed by atoms with Crippen molar-refractivity contribution in [1.29, 1.82) is 0 Å². The predicted molar refractivity (Wildman–Crippen MR) is 254 cm³/mol. The number of carbonyl (C=O) groups is 2. The summed E-state index contributed by atoms with van der Waals surface area (Å²) in [5.74, 6) is -1.76. The third kappa shape index (κ3) is 14.5. The molecule has 482 valence electrons. The number of ether oxygens (including phenoxy) is 13. The number of amides is 2. The average molecular weight is 1220 g/mol. The number of hydrogen-bond acceptors (Lipinski definition) is 35. The quantitative estimate of drug-likeness (QED) is 0.0538. The van der Waals surface area contributed by atoms with Crippen LogP contribution in [0, 0.1) is 0 Å². The van der Waals surface area contributed by atoms with Crippen LogP contribution in [-0.2, 0) is 71.2 Å². The van der Waals surface area contributed by atoms with Gasteiger partial charge in [-0.3, -0.25) is 9.59 Å². The fourth-order valence-electron chi connectivity index (χ4n) is 10.7. The zero-order valence-electron chi connectivity index (χ0n) is 44.5. The summed E-state index contributed by atoms with van der Waals surface area (Å²) >= 11 is 0. The molecule has 37 nitrogen and oxygen atoms in total. The highest BCUT2D eigenvalue weighted by Crippen LogP contribution is 2.39. The normalized spacial score (nSPS) is 50.8. The first-order valence-corrected chi connectivity index (χ1v) is 26.5. The summed E-state index contributed by atoms with van der Waals surface area (Å²) in [7, 11) is 0. The third-order valence-electron chi connectivity index (χ3n) is 15.3. The topological polar surface area (TPSA) is 583 Å². The fraction of sp³-hybridized carbons (Fsp3) is 0.957. The Bertz CT molecular complexity index is 2040. The summed E-state index contributed by atoms with van der Waals surface area (Å²) in [6.45, 7) is -3.06. The van der Waals surface area contributed by atoms with Gasteiger partial charge in [-0.05, 0) is 6.92 Å². The van der Waals surface area contributed by atoms with Gasteiger partial charge < -0.3 is 174 Å². The van der Waals surface area contributed by atoms with Crippen LogP contribution < -0.4 is 10.6 Å². The lowest BCUT2D eigenvalue weighted by atomic mass is 9.93. The summed E-state index contributed by atoms with van der Waals surface area (Å²) in [4.78, 5) is 25.5. The number of carbonyl (C=O) groups excluding carboxylic acids is 2. The molecule has 0 saturated carbocycles. The van der Waals surface area contributed by atoms with Crippen LogP contribution >= 0.6 is 0 Å². The first-order chi connectivity index (χ1) is 39.2. The summed E-state index contributed by atoms with van der Waals surface area (Å²) in [6, 6.07) is -3.62. The minimum atomic E-state index is -2.43. The first-order valence-electron chi connectivity index (χ1n) is 26.5. The predicted octanol–water partition coefficient (Wildman–Crippen LogP) is -15.0. The van der Waals surface area contributed by atoms with Gasteiger partial charge in [-0.2, -0.15) is 0 Å². The van der Waals surface area contributed by atoms with Gasteiger partial charge in [-0.25, -0.2) is 0 Å². The lowest BCUT2D eigenvalue weighted by Gasteiger charge is -2.52. The molecule has 7 rings (SSSR count). The van der Waals surface area contributed by atoms with Crippen molar-refractivity contribution in [3.63, 3.8) is 0 Å². The molecule has 0 aromatic rings. The van der Waals surface area contributed by atoms with Gasteiger partial charge in [0.2, 0.25) is 11.8 Å². The highest BCUT2D eigenvalue weighted by molar-refractivity contribution is 5.73. The van der Waals surface area contributed by atoms with Crippen molar-refractivity contribution >= 4 is 11.8 Å². The molecule has 0 aromatic heterocycles. The highest BCUT2D eigenvalue weighted by atomic mass is 16.8. The molecule has 7 saturated heterocycles. The molecule has 0 unspecified atom stereocenters. The molecule has 83 heavy (non-hydrogen) atoms. The van der Waals surface area contributed by atoms with Gasteiger partial charge in [0.15, 0.2) is 44.0 Å². The average Bonchev–Trinajstić information content (AvgIpc) is 3.59. The maximum absolute atomic E-state index is 13.1. The van der Waals surface area contributed by atoms with E-state index in [2.05, 4.69) is 10.6 Å². The molecule has 7 aliphatic heterocycles. The minimum Gasteiger partial charge on any atom is -0.394 e. The summed E-state index contributed by atoms with van der Waals surface area (Å²) in [5.41, 5.74) is 0. The molecular formula is C46H78N2O35. The van der Waals surface area contributed by atoms with E-state index in [9.17, 15) is 112 Å². The summed E-state index contributed by atoms with van der Waals surface area (Å²) in [6.07, 6.45) is -65.4. The molecule has 7 heterocycles. The number of aliphatic hydroxyl groups is 20. The van der Waals surface area contributed by atoms with Gasteiger partial charge in [0.25, 0.3) is 0 Å². The van der Waals surface area contributed by atoms with Gasteiger partial charge in [0, 0.05) is 13.8 Å². The van der Waals surface area contributed by atoms with Crippen LogP contribution in [0.15, 0.2) is 0 Å². The lowest BCUT2D eigenvalue weighted by Crippen LogP contribution is -2.71. The minimum absolute atomic E-state index is 0.825. The number of rotatable bonds is 20. The Morgan fingerprint density at radius 1 is 0.313 bits per heavy atom. The Balaban J connectivity index is 1.25.